The van der Waals surface area contributed by atoms with E-state index in [4.69, 9.17) is 21.9 Å². The zero-order valence-corrected chi connectivity index (χ0v) is 16.8. The van der Waals surface area contributed by atoms with Gasteiger partial charge in [-0.15, -0.1) is 0 Å². The van der Waals surface area contributed by atoms with Crippen molar-refractivity contribution in [3.63, 3.8) is 0 Å². The number of carbonyl (C=O) groups is 1. The number of sulfonamides is 1. The third kappa shape index (κ3) is 4.90. The first-order valence-electron chi connectivity index (χ1n) is 8.29. The van der Waals surface area contributed by atoms with Crippen molar-refractivity contribution in [2.75, 3.05) is 7.05 Å². The molecule has 3 rings (SSSR count). The zero-order chi connectivity index (χ0) is 21.2. The van der Waals surface area contributed by atoms with E-state index in [0.29, 0.717) is 27.2 Å². The fourth-order valence-corrected chi connectivity index (χ4v) is 3.19. The molecule has 1 amide bonds. The number of likely N-dealkylation sites (N-methyl/N-ethyl adjacent to an activating group) is 1. The molecule has 0 saturated heterocycles. The second-order valence-electron chi connectivity index (χ2n) is 6.11. The van der Waals surface area contributed by atoms with Crippen LogP contribution in [0.2, 0.25) is 5.02 Å². The molecule has 0 atom stereocenters. The SMILES string of the molecule is CN(O)C(=O)C=Cc1cc(-c2ccc(Cl)cc2)n(-c2ccc(S(N)(=O)=O)cc2)n1. The molecule has 3 N–H and O–H groups in total. The minimum atomic E-state index is -3.81. The number of nitrogens with zero attached hydrogens (tertiary/aromatic N) is 3. The quantitative estimate of drug-likeness (QED) is 0.365. The molecule has 2 aromatic carbocycles. The number of aromatic nitrogens is 2. The summed E-state index contributed by atoms with van der Waals surface area (Å²) in [4.78, 5) is 11.6. The summed E-state index contributed by atoms with van der Waals surface area (Å²) in [5.41, 5.74) is 2.55. The van der Waals surface area contributed by atoms with Crippen LogP contribution in [0.5, 0.6) is 0 Å². The largest absolute Gasteiger partial charge is 0.286 e. The molecule has 0 radical (unpaired) electrons. The Kier molecular flexibility index (Phi) is 5.85. The standard InChI is InChI=1S/C19H17ClN4O4S/c1-23(26)19(25)11-6-15-12-18(13-2-4-14(20)5-3-13)24(22-15)16-7-9-17(10-8-16)29(21,27)28/h2-12,26H,1H3,(H2,21,27,28). The van der Waals surface area contributed by atoms with Crippen molar-refractivity contribution in [2.45, 2.75) is 4.90 Å². The van der Waals surface area contributed by atoms with Crippen molar-refractivity contribution < 1.29 is 18.4 Å². The van der Waals surface area contributed by atoms with Gasteiger partial charge >= 0.3 is 0 Å². The van der Waals surface area contributed by atoms with Crippen molar-refractivity contribution in [3.8, 4) is 16.9 Å². The summed E-state index contributed by atoms with van der Waals surface area (Å²) in [6, 6.07) is 14.8. The number of nitrogens with two attached hydrogens (primary N) is 1. The van der Waals surface area contributed by atoms with Crippen LogP contribution in [0.25, 0.3) is 23.0 Å². The lowest BCUT2D eigenvalue weighted by atomic mass is 10.1. The Labute approximate surface area is 172 Å². The number of primary sulfonamides is 1. The number of carbonyl (C=O) groups excluding carboxylic acids is 1. The Morgan fingerprint density at radius 1 is 1.17 bits per heavy atom. The van der Waals surface area contributed by atoms with Crippen LogP contribution < -0.4 is 5.14 Å². The van der Waals surface area contributed by atoms with E-state index < -0.39 is 15.9 Å². The summed E-state index contributed by atoms with van der Waals surface area (Å²) < 4.78 is 24.6. The fraction of sp³-hybridized carbons (Fsp3) is 0.0526. The van der Waals surface area contributed by atoms with Crippen LogP contribution in [0.3, 0.4) is 0 Å². The second-order valence-corrected chi connectivity index (χ2v) is 8.11. The van der Waals surface area contributed by atoms with Crippen molar-refractivity contribution >= 4 is 33.6 Å². The third-order valence-electron chi connectivity index (χ3n) is 3.99. The Morgan fingerprint density at radius 3 is 2.34 bits per heavy atom. The number of amides is 1. The van der Waals surface area contributed by atoms with E-state index in [2.05, 4.69) is 5.10 Å². The molecule has 0 aliphatic carbocycles. The van der Waals surface area contributed by atoms with Gasteiger partial charge in [0.25, 0.3) is 5.91 Å². The highest BCUT2D eigenvalue weighted by Gasteiger charge is 2.13. The van der Waals surface area contributed by atoms with Gasteiger partial charge in [0.15, 0.2) is 0 Å². The lowest BCUT2D eigenvalue weighted by Gasteiger charge is -2.08. The Bertz CT molecular complexity index is 1170. The molecule has 1 aromatic heterocycles. The summed E-state index contributed by atoms with van der Waals surface area (Å²) in [6.45, 7) is 0. The van der Waals surface area contributed by atoms with Crippen LogP contribution in [0.1, 0.15) is 5.69 Å². The average molecular weight is 433 g/mol. The predicted molar refractivity (Wildman–Crippen MR) is 109 cm³/mol. The molecule has 0 spiro atoms. The monoisotopic (exact) mass is 432 g/mol. The molecule has 0 aliphatic rings. The van der Waals surface area contributed by atoms with Gasteiger partial charge in [0.1, 0.15) is 0 Å². The highest BCUT2D eigenvalue weighted by atomic mass is 35.5. The van der Waals surface area contributed by atoms with Crippen molar-refractivity contribution in [2.24, 2.45) is 5.14 Å². The molecule has 10 heteroatoms. The number of hydrogen-bond donors (Lipinski definition) is 2. The number of halogens is 1. The van der Waals surface area contributed by atoms with E-state index in [-0.39, 0.29) is 4.90 Å². The van der Waals surface area contributed by atoms with Gasteiger partial charge < -0.3 is 0 Å². The first-order chi connectivity index (χ1) is 13.6. The maximum absolute atomic E-state index is 11.6. The first-order valence-corrected chi connectivity index (χ1v) is 10.2. The minimum Gasteiger partial charge on any atom is -0.286 e. The Morgan fingerprint density at radius 2 is 1.79 bits per heavy atom. The van der Waals surface area contributed by atoms with Crippen LogP contribution in [0, 0.1) is 0 Å². The maximum atomic E-state index is 11.6. The smallest absolute Gasteiger partial charge is 0.269 e. The van der Waals surface area contributed by atoms with E-state index in [1.807, 2.05) is 12.1 Å². The van der Waals surface area contributed by atoms with Crippen LogP contribution in [-0.4, -0.2) is 41.4 Å². The molecule has 150 valence electrons. The molecule has 0 aliphatic heterocycles. The molecule has 1 heterocycles. The van der Waals surface area contributed by atoms with E-state index in [1.54, 1.807) is 35.0 Å². The molecule has 8 nitrogen and oxygen atoms in total. The lowest BCUT2D eigenvalue weighted by Crippen LogP contribution is -2.19. The van der Waals surface area contributed by atoms with Crippen molar-refractivity contribution in [3.05, 3.63) is 71.4 Å². The number of hydroxylamine groups is 2. The predicted octanol–water partition coefficient (Wildman–Crippen LogP) is 2.70. The summed E-state index contributed by atoms with van der Waals surface area (Å²) >= 11 is 5.97. The molecule has 0 saturated carbocycles. The van der Waals surface area contributed by atoms with E-state index in [0.717, 1.165) is 5.56 Å². The van der Waals surface area contributed by atoms with Gasteiger partial charge in [0.05, 0.1) is 22.0 Å². The Hall–Kier alpha value is -2.98. The lowest BCUT2D eigenvalue weighted by molar-refractivity contribution is -0.153. The maximum Gasteiger partial charge on any atom is 0.269 e. The summed E-state index contributed by atoms with van der Waals surface area (Å²) in [6.07, 6.45) is 2.64. The number of hydrogen-bond acceptors (Lipinski definition) is 5. The van der Waals surface area contributed by atoms with E-state index >= 15 is 0 Å². The second kappa shape index (κ2) is 8.18. The number of benzene rings is 2. The van der Waals surface area contributed by atoms with Gasteiger partial charge in [-0.25, -0.2) is 23.3 Å². The molecular formula is C19H17ClN4O4S. The highest BCUT2D eigenvalue weighted by molar-refractivity contribution is 7.89. The Balaban J connectivity index is 2.08. The summed E-state index contributed by atoms with van der Waals surface area (Å²) in [7, 11) is -2.59. The van der Waals surface area contributed by atoms with Crippen LogP contribution >= 0.6 is 11.6 Å². The van der Waals surface area contributed by atoms with Crippen molar-refractivity contribution in [1.29, 1.82) is 0 Å². The molecule has 3 aromatic rings. The van der Waals surface area contributed by atoms with Crippen LogP contribution in [0.4, 0.5) is 0 Å². The summed E-state index contributed by atoms with van der Waals surface area (Å²) in [5, 5.41) is 19.8. The molecule has 0 fully saturated rings. The van der Waals surface area contributed by atoms with E-state index in [1.165, 1.54) is 31.3 Å². The van der Waals surface area contributed by atoms with Gasteiger partial charge in [-0.05, 0) is 48.5 Å². The van der Waals surface area contributed by atoms with Crippen molar-refractivity contribution in [1.82, 2.24) is 14.8 Å². The molecular weight excluding hydrogens is 416 g/mol. The average Bonchev–Trinajstić information content (AvgIpc) is 3.10. The third-order valence-corrected chi connectivity index (χ3v) is 5.17. The fourth-order valence-electron chi connectivity index (χ4n) is 2.55. The number of rotatable bonds is 5. The van der Waals surface area contributed by atoms with Gasteiger partial charge in [-0.3, -0.25) is 10.0 Å². The van der Waals surface area contributed by atoms with Crippen LogP contribution in [0.15, 0.2) is 65.6 Å². The van der Waals surface area contributed by atoms with Crippen LogP contribution in [-0.2, 0) is 14.8 Å². The van der Waals surface area contributed by atoms with E-state index in [9.17, 15) is 13.2 Å². The van der Waals surface area contributed by atoms with Gasteiger partial charge in [0.2, 0.25) is 10.0 Å². The molecule has 29 heavy (non-hydrogen) atoms. The highest BCUT2D eigenvalue weighted by Crippen LogP contribution is 2.26. The molecule has 0 bridgehead atoms. The normalized spacial score (nSPS) is 11.7. The minimum absolute atomic E-state index is 0.0156. The summed E-state index contributed by atoms with van der Waals surface area (Å²) in [5.74, 6) is -0.606. The molecule has 0 unspecified atom stereocenters. The van der Waals surface area contributed by atoms with Gasteiger partial charge in [0, 0.05) is 23.7 Å². The first kappa shape index (κ1) is 20.7. The topological polar surface area (TPSA) is 119 Å². The van der Waals surface area contributed by atoms with Gasteiger partial charge in [-0.2, -0.15) is 5.10 Å². The zero-order valence-electron chi connectivity index (χ0n) is 15.2. The van der Waals surface area contributed by atoms with Gasteiger partial charge in [-0.1, -0.05) is 23.7 Å².